The quantitative estimate of drug-likeness (QED) is 0.794. The van der Waals surface area contributed by atoms with Crippen LogP contribution in [0.3, 0.4) is 0 Å². The zero-order valence-corrected chi connectivity index (χ0v) is 10.5. The molecule has 1 N–H and O–H groups in total. The molecule has 0 saturated carbocycles. The molecule has 16 heavy (non-hydrogen) atoms. The van der Waals surface area contributed by atoms with Crippen molar-refractivity contribution in [1.29, 1.82) is 0 Å². The predicted molar refractivity (Wildman–Crippen MR) is 64.8 cm³/mol. The summed E-state index contributed by atoms with van der Waals surface area (Å²) in [6, 6.07) is 3.52. The van der Waals surface area contributed by atoms with Crippen LogP contribution in [-0.2, 0) is 4.74 Å². The molecule has 0 aliphatic carbocycles. The lowest BCUT2D eigenvalue weighted by molar-refractivity contribution is 0.0902. The Kier molecular flexibility index (Phi) is 5.28. The minimum atomic E-state index is -0.109. The summed E-state index contributed by atoms with van der Waals surface area (Å²) in [7, 11) is 1.61. The van der Waals surface area contributed by atoms with Crippen molar-refractivity contribution < 1.29 is 9.53 Å². The maximum atomic E-state index is 11.9. The van der Waals surface area contributed by atoms with E-state index in [2.05, 4.69) is 10.3 Å². The largest absolute Gasteiger partial charge is 0.383 e. The van der Waals surface area contributed by atoms with E-state index >= 15 is 0 Å². The van der Waals surface area contributed by atoms with E-state index in [0.717, 1.165) is 5.03 Å². The molecule has 1 amide bonds. The van der Waals surface area contributed by atoms with Gasteiger partial charge in [0.1, 0.15) is 5.03 Å². The molecule has 0 bridgehead atoms. The molecule has 0 aliphatic heterocycles. The molecule has 0 aromatic carbocycles. The normalized spacial score (nSPS) is 12.2. The van der Waals surface area contributed by atoms with Gasteiger partial charge in [0.25, 0.3) is 5.91 Å². The van der Waals surface area contributed by atoms with E-state index in [1.807, 2.05) is 13.2 Å². The number of ether oxygens (including phenoxy) is 1. The van der Waals surface area contributed by atoms with Crippen LogP contribution in [0.5, 0.6) is 0 Å². The Morgan fingerprint density at radius 3 is 3.06 bits per heavy atom. The second kappa shape index (κ2) is 6.50. The van der Waals surface area contributed by atoms with Crippen molar-refractivity contribution in [3.05, 3.63) is 23.9 Å². The highest BCUT2D eigenvalue weighted by Crippen LogP contribution is 2.16. The van der Waals surface area contributed by atoms with Gasteiger partial charge >= 0.3 is 0 Å². The first-order valence-electron chi connectivity index (χ1n) is 4.97. The minimum Gasteiger partial charge on any atom is -0.383 e. The highest BCUT2D eigenvalue weighted by molar-refractivity contribution is 7.98. The van der Waals surface area contributed by atoms with Crippen LogP contribution < -0.4 is 5.32 Å². The standard InChI is InChI=1S/C11H16N2O2S/c1-8(7-15-2)13-10(14)9-5-4-6-12-11(9)16-3/h4-6,8H,7H2,1-3H3,(H,13,14)/t8-/m1/s1. The highest BCUT2D eigenvalue weighted by Gasteiger charge is 2.13. The molecule has 1 atom stereocenters. The molecule has 0 spiro atoms. The SMILES string of the molecule is COC[C@@H](C)NC(=O)c1cccnc1SC. The van der Waals surface area contributed by atoms with Gasteiger partial charge in [0.05, 0.1) is 12.2 Å². The molecule has 1 heterocycles. The second-order valence-corrected chi connectivity index (χ2v) is 4.19. The molecule has 1 aromatic rings. The average Bonchev–Trinajstić information content (AvgIpc) is 2.29. The van der Waals surface area contributed by atoms with Crippen molar-refractivity contribution in [2.75, 3.05) is 20.0 Å². The van der Waals surface area contributed by atoms with Crippen molar-refractivity contribution >= 4 is 17.7 Å². The van der Waals surface area contributed by atoms with E-state index in [1.54, 1.807) is 25.4 Å². The Bertz CT molecular complexity index is 358. The molecule has 5 heteroatoms. The summed E-state index contributed by atoms with van der Waals surface area (Å²) in [4.78, 5) is 16.0. The number of amides is 1. The Balaban J connectivity index is 2.72. The van der Waals surface area contributed by atoms with Crippen LogP contribution in [0.4, 0.5) is 0 Å². The maximum absolute atomic E-state index is 11.9. The number of thioether (sulfide) groups is 1. The number of aromatic nitrogens is 1. The van der Waals surface area contributed by atoms with Gasteiger partial charge in [-0.3, -0.25) is 4.79 Å². The minimum absolute atomic E-state index is 0.00703. The number of nitrogens with zero attached hydrogens (tertiary/aromatic N) is 1. The Labute approximate surface area is 99.8 Å². The lowest BCUT2D eigenvalue weighted by Gasteiger charge is -2.13. The van der Waals surface area contributed by atoms with E-state index in [4.69, 9.17) is 4.74 Å². The van der Waals surface area contributed by atoms with Gasteiger partial charge in [-0.2, -0.15) is 0 Å². The third kappa shape index (κ3) is 3.50. The third-order valence-corrected chi connectivity index (χ3v) is 2.72. The first-order valence-corrected chi connectivity index (χ1v) is 6.20. The van der Waals surface area contributed by atoms with Crippen LogP contribution in [0.25, 0.3) is 0 Å². The van der Waals surface area contributed by atoms with E-state index < -0.39 is 0 Å². The van der Waals surface area contributed by atoms with Crippen LogP contribution in [0.15, 0.2) is 23.4 Å². The molecule has 0 aliphatic rings. The fourth-order valence-corrected chi connectivity index (χ4v) is 1.87. The summed E-state index contributed by atoms with van der Waals surface area (Å²) in [5.41, 5.74) is 0.609. The zero-order valence-electron chi connectivity index (χ0n) is 9.69. The number of nitrogens with one attached hydrogen (secondary N) is 1. The molecule has 0 saturated heterocycles. The van der Waals surface area contributed by atoms with Crippen LogP contribution in [0.2, 0.25) is 0 Å². The molecule has 88 valence electrons. The zero-order chi connectivity index (χ0) is 12.0. The Hall–Kier alpha value is -1.07. The van der Waals surface area contributed by atoms with E-state index in [0.29, 0.717) is 12.2 Å². The van der Waals surface area contributed by atoms with Gasteiger partial charge < -0.3 is 10.1 Å². The first-order chi connectivity index (χ1) is 7.69. The number of carbonyl (C=O) groups is 1. The van der Waals surface area contributed by atoms with Gasteiger partial charge in [-0.1, -0.05) is 0 Å². The molecule has 1 rings (SSSR count). The van der Waals surface area contributed by atoms with Gasteiger partial charge in [0, 0.05) is 19.3 Å². The molecule has 0 radical (unpaired) electrons. The van der Waals surface area contributed by atoms with E-state index in [1.165, 1.54) is 11.8 Å². The summed E-state index contributed by atoms with van der Waals surface area (Å²) in [5, 5.41) is 3.59. The molecule has 0 fully saturated rings. The molecule has 0 unspecified atom stereocenters. The predicted octanol–water partition coefficient (Wildman–Crippen LogP) is 1.57. The van der Waals surface area contributed by atoms with Crippen LogP contribution >= 0.6 is 11.8 Å². The molecular formula is C11H16N2O2S. The fraction of sp³-hybridized carbons (Fsp3) is 0.455. The Morgan fingerprint density at radius 1 is 1.69 bits per heavy atom. The van der Waals surface area contributed by atoms with Crippen molar-refractivity contribution in [3.63, 3.8) is 0 Å². The molecule has 1 aromatic heterocycles. The molecule has 4 nitrogen and oxygen atoms in total. The number of hydrogen-bond acceptors (Lipinski definition) is 4. The lowest BCUT2D eigenvalue weighted by Crippen LogP contribution is -2.35. The summed E-state index contributed by atoms with van der Waals surface area (Å²) in [5.74, 6) is -0.109. The third-order valence-electron chi connectivity index (χ3n) is 2.00. The van der Waals surface area contributed by atoms with Gasteiger partial charge in [-0.05, 0) is 25.3 Å². The Morgan fingerprint density at radius 2 is 2.44 bits per heavy atom. The van der Waals surface area contributed by atoms with Crippen molar-refractivity contribution in [3.8, 4) is 0 Å². The second-order valence-electron chi connectivity index (χ2n) is 3.39. The monoisotopic (exact) mass is 240 g/mol. The van der Waals surface area contributed by atoms with Crippen molar-refractivity contribution in [1.82, 2.24) is 10.3 Å². The number of methoxy groups -OCH3 is 1. The van der Waals surface area contributed by atoms with Crippen molar-refractivity contribution in [2.45, 2.75) is 18.0 Å². The van der Waals surface area contributed by atoms with Crippen LogP contribution in [-0.4, -0.2) is 36.9 Å². The van der Waals surface area contributed by atoms with E-state index in [-0.39, 0.29) is 11.9 Å². The van der Waals surface area contributed by atoms with Crippen molar-refractivity contribution in [2.24, 2.45) is 0 Å². The average molecular weight is 240 g/mol. The first kappa shape index (κ1) is 13.0. The number of rotatable bonds is 5. The summed E-state index contributed by atoms with van der Waals surface area (Å²) >= 11 is 1.46. The smallest absolute Gasteiger partial charge is 0.254 e. The van der Waals surface area contributed by atoms with Crippen LogP contribution in [0, 0.1) is 0 Å². The van der Waals surface area contributed by atoms with Crippen LogP contribution in [0.1, 0.15) is 17.3 Å². The summed E-state index contributed by atoms with van der Waals surface area (Å²) in [6.45, 7) is 2.40. The highest BCUT2D eigenvalue weighted by atomic mass is 32.2. The van der Waals surface area contributed by atoms with Gasteiger partial charge in [-0.25, -0.2) is 4.98 Å². The van der Waals surface area contributed by atoms with Gasteiger partial charge in [0.2, 0.25) is 0 Å². The number of carbonyl (C=O) groups excluding carboxylic acids is 1. The van der Waals surface area contributed by atoms with E-state index in [9.17, 15) is 4.79 Å². The maximum Gasteiger partial charge on any atom is 0.254 e. The number of pyridine rings is 1. The van der Waals surface area contributed by atoms with Gasteiger partial charge in [0.15, 0.2) is 0 Å². The summed E-state index contributed by atoms with van der Waals surface area (Å²) in [6.07, 6.45) is 3.58. The summed E-state index contributed by atoms with van der Waals surface area (Å²) < 4.78 is 4.96. The molecular weight excluding hydrogens is 224 g/mol. The number of hydrogen-bond donors (Lipinski definition) is 1. The fourth-order valence-electron chi connectivity index (χ4n) is 1.32. The van der Waals surface area contributed by atoms with Gasteiger partial charge in [-0.15, -0.1) is 11.8 Å². The topological polar surface area (TPSA) is 51.2 Å². The lowest BCUT2D eigenvalue weighted by atomic mass is 10.2.